The van der Waals surface area contributed by atoms with Gasteiger partial charge in [-0.15, -0.1) is 0 Å². The number of nitro groups is 1. The zero-order chi connectivity index (χ0) is 18.9. The van der Waals surface area contributed by atoms with Crippen LogP contribution >= 0.6 is 0 Å². The van der Waals surface area contributed by atoms with Crippen molar-refractivity contribution in [2.75, 3.05) is 26.7 Å². The molecule has 2 aromatic carbocycles. The SMILES string of the molecule is CN1CCN(S(=O)(=O)c2ccc(F)c([N+](=O)[O-])c2)[C@H](c2ccccc2)C1. The first kappa shape index (κ1) is 18.4. The summed E-state index contributed by atoms with van der Waals surface area (Å²) < 4.78 is 41.2. The van der Waals surface area contributed by atoms with Crippen LogP contribution in [-0.2, 0) is 10.0 Å². The maximum atomic E-state index is 13.6. The Morgan fingerprint density at radius 1 is 1.15 bits per heavy atom. The minimum atomic E-state index is -4.02. The topological polar surface area (TPSA) is 83.8 Å². The molecule has 9 heteroatoms. The molecule has 0 unspecified atom stereocenters. The van der Waals surface area contributed by atoms with Crippen molar-refractivity contribution in [3.05, 3.63) is 70.0 Å². The second-order valence-electron chi connectivity index (χ2n) is 6.17. The maximum Gasteiger partial charge on any atom is 0.306 e. The number of benzene rings is 2. The van der Waals surface area contributed by atoms with Crippen LogP contribution in [0.15, 0.2) is 53.4 Å². The molecule has 138 valence electrons. The first-order valence-corrected chi connectivity index (χ1v) is 9.44. The Morgan fingerprint density at radius 3 is 2.50 bits per heavy atom. The van der Waals surface area contributed by atoms with Crippen molar-refractivity contribution in [3.63, 3.8) is 0 Å². The fourth-order valence-corrected chi connectivity index (χ4v) is 4.68. The second kappa shape index (κ2) is 7.10. The van der Waals surface area contributed by atoms with Crippen molar-refractivity contribution in [2.24, 2.45) is 0 Å². The minimum absolute atomic E-state index is 0.240. The largest absolute Gasteiger partial charge is 0.306 e. The van der Waals surface area contributed by atoms with E-state index in [1.807, 2.05) is 42.3 Å². The average Bonchev–Trinajstić information content (AvgIpc) is 2.62. The highest BCUT2D eigenvalue weighted by Crippen LogP contribution is 2.32. The molecule has 0 radical (unpaired) electrons. The lowest BCUT2D eigenvalue weighted by atomic mass is 10.1. The molecule has 0 bridgehead atoms. The van der Waals surface area contributed by atoms with Gasteiger partial charge in [0.1, 0.15) is 0 Å². The molecule has 26 heavy (non-hydrogen) atoms. The zero-order valence-corrected chi connectivity index (χ0v) is 14.9. The molecule has 0 spiro atoms. The summed E-state index contributed by atoms with van der Waals surface area (Å²) in [6.07, 6.45) is 0. The molecular formula is C17H18FN3O4S. The van der Waals surface area contributed by atoms with E-state index in [9.17, 15) is 22.9 Å². The Bertz CT molecular complexity index is 921. The van der Waals surface area contributed by atoms with E-state index >= 15 is 0 Å². The standard InChI is InChI=1S/C17H18FN3O4S/c1-19-9-10-20(17(12-19)13-5-3-2-4-6-13)26(24,25)14-7-8-15(18)16(11-14)21(22)23/h2-8,11,17H,9-10,12H2,1H3/t17-/m0/s1. The molecule has 1 fully saturated rings. The Kier molecular flexibility index (Phi) is 5.03. The van der Waals surface area contributed by atoms with Crippen LogP contribution in [0.2, 0.25) is 0 Å². The van der Waals surface area contributed by atoms with Gasteiger partial charge in [0.05, 0.1) is 15.9 Å². The molecule has 0 N–H and O–H groups in total. The maximum absolute atomic E-state index is 13.6. The van der Waals surface area contributed by atoms with Crippen molar-refractivity contribution in [3.8, 4) is 0 Å². The Balaban J connectivity index is 2.04. The average molecular weight is 379 g/mol. The fraction of sp³-hybridized carbons (Fsp3) is 0.294. The number of hydrogen-bond acceptors (Lipinski definition) is 5. The lowest BCUT2D eigenvalue weighted by Crippen LogP contribution is -2.49. The third-order valence-electron chi connectivity index (χ3n) is 4.44. The molecule has 0 aliphatic carbocycles. The normalized spacial score (nSPS) is 19.4. The molecule has 0 amide bonds. The number of nitro benzene ring substituents is 1. The van der Waals surface area contributed by atoms with Gasteiger partial charge in [-0.25, -0.2) is 8.42 Å². The van der Waals surface area contributed by atoms with E-state index in [1.54, 1.807) is 0 Å². The molecule has 1 heterocycles. The monoisotopic (exact) mass is 379 g/mol. The first-order valence-electron chi connectivity index (χ1n) is 8.00. The third-order valence-corrected chi connectivity index (χ3v) is 6.34. The van der Waals surface area contributed by atoms with Gasteiger partial charge in [-0.1, -0.05) is 30.3 Å². The predicted molar refractivity (Wildman–Crippen MR) is 93.6 cm³/mol. The van der Waals surface area contributed by atoms with Gasteiger partial charge in [-0.05, 0) is 24.7 Å². The van der Waals surface area contributed by atoms with Gasteiger partial charge >= 0.3 is 5.69 Å². The number of piperazine rings is 1. The van der Waals surface area contributed by atoms with Crippen molar-refractivity contribution >= 4 is 15.7 Å². The van der Waals surface area contributed by atoms with E-state index in [1.165, 1.54) is 4.31 Å². The van der Waals surface area contributed by atoms with Crippen LogP contribution in [0.1, 0.15) is 11.6 Å². The van der Waals surface area contributed by atoms with Gasteiger partial charge in [-0.2, -0.15) is 8.70 Å². The van der Waals surface area contributed by atoms with E-state index < -0.39 is 32.5 Å². The number of halogens is 1. The summed E-state index contributed by atoms with van der Waals surface area (Å²) in [6.45, 7) is 1.27. The molecule has 3 rings (SSSR count). The van der Waals surface area contributed by atoms with E-state index in [0.29, 0.717) is 13.1 Å². The Labute approximate surface area is 150 Å². The van der Waals surface area contributed by atoms with Gasteiger partial charge in [0.15, 0.2) is 0 Å². The summed E-state index contributed by atoms with van der Waals surface area (Å²) in [4.78, 5) is 11.8. The van der Waals surface area contributed by atoms with Gasteiger partial charge in [0.2, 0.25) is 15.8 Å². The lowest BCUT2D eigenvalue weighted by Gasteiger charge is -2.39. The van der Waals surface area contributed by atoms with Crippen LogP contribution in [0.3, 0.4) is 0 Å². The van der Waals surface area contributed by atoms with Crippen molar-refractivity contribution < 1.29 is 17.7 Å². The number of likely N-dealkylation sites (N-methyl/N-ethyl adjacent to an activating group) is 1. The van der Waals surface area contributed by atoms with Crippen LogP contribution in [0.5, 0.6) is 0 Å². The molecule has 0 aromatic heterocycles. The summed E-state index contributed by atoms with van der Waals surface area (Å²) >= 11 is 0. The van der Waals surface area contributed by atoms with Crippen molar-refractivity contribution in [1.82, 2.24) is 9.21 Å². The Morgan fingerprint density at radius 2 is 1.85 bits per heavy atom. The second-order valence-corrected chi connectivity index (χ2v) is 8.07. The predicted octanol–water partition coefficient (Wildman–Crippen LogP) is 2.41. The highest BCUT2D eigenvalue weighted by atomic mass is 32.2. The minimum Gasteiger partial charge on any atom is -0.303 e. The molecular weight excluding hydrogens is 361 g/mol. The lowest BCUT2D eigenvalue weighted by molar-refractivity contribution is -0.387. The van der Waals surface area contributed by atoms with E-state index in [0.717, 1.165) is 23.8 Å². The summed E-state index contributed by atoms with van der Waals surface area (Å²) in [5.41, 5.74) is -0.0179. The third kappa shape index (κ3) is 3.46. The molecule has 7 nitrogen and oxygen atoms in total. The summed E-state index contributed by atoms with van der Waals surface area (Å²) in [6, 6.07) is 11.4. The molecule has 1 atom stereocenters. The highest BCUT2D eigenvalue weighted by Gasteiger charge is 2.37. The van der Waals surface area contributed by atoms with Crippen LogP contribution < -0.4 is 0 Å². The van der Waals surface area contributed by atoms with Crippen molar-refractivity contribution in [1.29, 1.82) is 0 Å². The number of sulfonamides is 1. The zero-order valence-electron chi connectivity index (χ0n) is 14.1. The van der Waals surface area contributed by atoms with Crippen LogP contribution in [0.4, 0.5) is 10.1 Å². The molecule has 1 saturated heterocycles. The van der Waals surface area contributed by atoms with Crippen LogP contribution in [-0.4, -0.2) is 49.2 Å². The highest BCUT2D eigenvalue weighted by molar-refractivity contribution is 7.89. The Hall–Kier alpha value is -2.36. The fourth-order valence-electron chi connectivity index (χ4n) is 3.07. The first-order chi connectivity index (χ1) is 12.3. The van der Waals surface area contributed by atoms with E-state index in [2.05, 4.69) is 0 Å². The van der Waals surface area contributed by atoms with Crippen LogP contribution in [0, 0.1) is 15.9 Å². The number of hydrogen-bond donors (Lipinski definition) is 0. The van der Waals surface area contributed by atoms with Gasteiger partial charge in [-0.3, -0.25) is 10.1 Å². The van der Waals surface area contributed by atoms with Gasteiger partial charge in [0.25, 0.3) is 0 Å². The summed E-state index contributed by atoms with van der Waals surface area (Å²) in [5, 5.41) is 11.0. The van der Waals surface area contributed by atoms with E-state index in [4.69, 9.17) is 0 Å². The van der Waals surface area contributed by atoms with E-state index in [-0.39, 0.29) is 11.4 Å². The number of nitrogens with zero attached hydrogens (tertiary/aromatic N) is 3. The number of rotatable bonds is 4. The van der Waals surface area contributed by atoms with Gasteiger partial charge < -0.3 is 4.90 Å². The summed E-state index contributed by atoms with van der Waals surface area (Å²) in [5.74, 6) is -1.06. The smallest absolute Gasteiger partial charge is 0.303 e. The van der Waals surface area contributed by atoms with Crippen molar-refractivity contribution in [2.45, 2.75) is 10.9 Å². The molecule has 1 aliphatic rings. The van der Waals surface area contributed by atoms with Gasteiger partial charge in [0, 0.05) is 25.7 Å². The molecule has 1 aliphatic heterocycles. The molecule has 2 aromatic rings. The van der Waals surface area contributed by atoms with Crippen LogP contribution in [0.25, 0.3) is 0 Å². The summed E-state index contributed by atoms with van der Waals surface area (Å²) in [7, 11) is -2.11. The molecule has 0 saturated carbocycles. The quantitative estimate of drug-likeness (QED) is 0.602.